The van der Waals surface area contributed by atoms with Gasteiger partial charge in [0.15, 0.2) is 0 Å². The highest BCUT2D eigenvalue weighted by molar-refractivity contribution is 5.83. The lowest BCUT2D eigenvalue weighted by Crippen LogP contribution is -2.51. The molecular formula is C14H27N3O2. The van der Waals surface area contributed by atoms with Gasteiger partial charge >= 0.3 is 0 Å². The van der Waals surface area contributed by atoms with Crippen molar-refractivity contribution in [2.24, 2.45) is 11.1 Å². The predicted molar refractivity (Wildman–Crippen MR) is 74.8 cm³/mol. The van der Waals surface area contributed by atoms with Gasteiger partial charge in [-0.2, -0.15) is 0 Å². The van der Waals surface area contributed by atoms with Crippen molar-refractivity contribution in [3.05, 3.63) is 0 Å². The molecule has 1 amide bonds. The zero-order chi connectivity index (χ0) is 13.9. The molecule has 0 aromatic heterocycles. The van der Waals surface area contributed by atoms with Gasteiger partial charge in [0.05, 0.1) is 5.41 Å². The van der Waals surface area contributed by atoms with Gasteiger partial charge in [0, 0.05) is 38.4 Å². The number of nitrogens with two attached hydrogens (primary N) is 1. The Labute approximate surface area is 115 Å². The van der Waals surface area contributed by atoms with E-state index < -0.39 is 5.41 Å². The molecule has 1 aliphatic carbocycles. The smallest absolute Gasteiger partial charge is 0.227 e. The summed E-state index contributed by atoms with van der Waals surface area (Å²) in [5.41, 5.74) is 5.43. The van der Waals surface area contributed by atoms with E-state index in [9.17, 15) is 4.79 Å². The van der Waals surface area contributed by atoms with Crippen molar-refractivity contribution in [3.63, 3.8) is 0 Å². The van der Waals surface area contributed by atoms with Crippen molar-refractivity contribution >= 4 is 5.91 Å². The fourth-order valence-corrected chi connectivity index (χ4v) is 2.70. The minimum atomic E-state index is -0.407. The van der Waals surface area contributed by atoms with Crippen LogP contribution in [0.2, 0.25) is 0 Å². The molecule has 1 aliphatic heterocycles. The molecule has 2 rings (SSSR count). The van der Waals surface area contributed by atoms with E-state index in [1.807, 2.05) is 0 Å². The molecule has 0 radical (unpaired) electrons. The first-order chi connectivity index (χ1) is 9.09. The van der Waals surface area contributed by atoms with E-state index in [1.54, 1.807) is 0 Å². The summed E-state index contributed by atoms with van der Waals surface area (Å²) in [6.07, 6.45) is 4.06. The summed E-state index contributed by atoms with van der Waals surface area (Å²) in [5, 5.41) is 3.09. The van der Waals surface area contributed by atoms with Crippen LogP contribution < -0.4 is 11.1 Å². The van der Waals surface area contributed by atoms with Crippen molar-refractivity contribution in [1.29, 1.82) is 0 Å². The lowest BCUT2D eigenvalue weighted by molar-refractivity contribution is -0.136. The van der Waals surface area contributed by atoms with E-state index in [0.29, 0.717) is 32.3 Å². The number of hydrogen-bond donors (Lipinski definition) is 2. The summed E-state index contributed by atoms with van der Waals surface area (Å²) >= 11 is 0. The molecule has 1 saturated carbocycles. The van der Waals surface area contributed by atoms with Gasteiger partial charge in [-0.25, -0.2) is 0 Å². The lowest BCUT2D eigenvalue weighted by atomic mass is 9.79. The Kier molecular flexibility index (Phi) is 4.81. The molecule has 0 bridgehead atoms. The van der Waals surface area contributed by atoms with E-state index >= 15 is 0 Å². The molecule has 1 saturated heterocycles. The molecular weight excluding hydrogens is 242 g/mol. The Morgan fingerprint density at radius 2 is 2.11 bits per heavy atom. The standard InChI is InChI=1S/C14H27N3O2/c1-11(17(2)12-3-4-12)9-16-13(18)14(10-15)5-7-19-8-6-14/h11-12H,3-10,15H2,1-2H3,(H,16,18). The van der Waals surface area contributed by atoms with E-state index in [-0.39, 0.29) is 5.91 Å². The predicted octanol–water partition coefficient (Wildman–Crippen LogP) is 0.341. The van der Waals surface area contributed by atoms with Crippen LogP contribution >= 0.6 is 0 Å². The van der Waals surface area contributed by atoms with Crippen LogP contribution in [0, 0.1) is 5.41 Å². The third-order valence-electron chi connectivity index (χ3n) is 4.70. The normalized spacial score (nSPS) is 24.2. The number of carbonyl (C=O) groups excluding carboxylic acids is 1. The third kappa shape index (κ3) is 3.46. The van der Waals surface area contributed by atoms with Gasteiger partial charge in [0.1, 0.15) is 0 Å². The number of hydrogen-bond acceptors (Lipinski definition) is 4. The molecule has 5 heteroatoms. The highest BCUT2D eigenvalue weighted by atomic mass is 16.5. The van der Waals surface area contributed by atoms with Gasteiger partial charge < -0.3 is 15.8 Å². The maximum atomic E-state index is 12.4. The Hall–Kier alpha value is -0.650. The first-order valence-corrected chi connectivity index (χ1v) is 7.37. The van der Waals surface area contributed by atoms with E-state index in [2.05, 4.69) is 24.2 Å². The van der Waals surface area contributed by atoms with Gasteiger partial charge in [0.2, 0.25) is 5.91 Å². The van der Waals surface area contributed by atoms with E-state index in [0.717, 1.165) is 18.9 Å². The summed E-state index contributed by atoms with van der Waals surface area (Å²) in [4.78, 5) is 14.8. The second-order valence-corrected chi connectivity index (χ2v) is 6.05. The molecule has 5 nitrogen and oxygen atoms in total. The maximum Gasteiger partial charge on any atom is 0.227 e. The summed E-state index contributed by atoms with van der Waals surface area (Å²) in [6, 6.07) is 1.10. The van der Waals surface area contributed by atoms with Crippen LogP contribution in [0.5, 0.6) is 0 Å². The highest BCUT2D eigenvalue weighted by Gasteiger charge is 2.39. The van der Waals surface area contributed by atoms with Crippen LogP contribution in [0.25, 0.3) is 0 Å². The van der Waals surface area contributed by atoms with Crippen LogP contribution in [0.3, 0.4) is 0 Å². The fourth-order valence-electron chi connectivity index (χ4n) is 2.70. The molecule has 19 heavy (non-hydrogen) atoms. The van der Waals surface area contributed by atoms with Crippen LogP contribution in [0.15, 0.2) is 0 Å². The van der Waals surface area contributed by atoms with Gasteiger partial charge in [0.25, 0.3) is 0 Å². The van der Waals surface area contributed by atoms with Crippen molar-refractivity contribution in [1.82, 2.24) is 10.2 Å². The van der Waals surface area contributed by atoms with Crippen LogP contribution in [-0.2, 0) is 9.53 Å². The van der Waals surface area contributed by atoms with Gasteiger partial charge in [-0.3, -0.25) is 9.69 Å². The first kappa shape index (κ1) is 14.8. The molecule has 1 heterocycles. The molecule has 2 aliphatic rings. The number of nitrogens with one attached hydrogen (secondary N) is 1. The Morgan fingerprint density at radius 1 is 1.47 bits per heavy atom. The molecule has 2 fully saturated rings. The first-order valence-electron chi connectivity index (χ1n) is 7.37. The van der Waals surface area contributed by atoms with Crippen molar-refractivity contribution < 1.29 is 9.53 Å². The van der Waals surface area contributed by atoms with E-state index in [4.69, 9.17) is 10.5 Å². The molecule has 1 unspecified atom stereocenters. The maximum absolute atomic E-state index is 12.4. The third-order valence-corrected chi connectivity index (χ3v) is 4.70. The summed E-state index contributed by atoms with van der Waals surface area (Å²) in [7, 11) is 2.14. The fraction of sp³-hybridized carbons (Fsp3) is 0.929. The van der Waals surface area contributed by atoms with Crippen LogP contribution in [0.4, 0.5) is 0 Å². The Bertz CT molecular complexity index is 312. The SMILES string of the molecule is CC(CNC(=O)C1(CN)CCOCC1)N(C)C1CC1. The van der Waals surface area contributed by atoms with Crippen LogP contribution in [0.1, 0.15) is 32.6 Å². The average Bonchev–Trinajstić information content (AvgIpc) is 3.28. The Morgan fingerprint density at radius 3 is 2.63 bits per heavy atom. The van der Waals surface area contributed by atoms with Gasteiger partial charge in [-0.15, -0.1) is 0 Å². The molecule has 0 spiro atoms. The zero-order valence-corrected chi connectivity index (χ0v) is 12.2. The molecule has 0 aromatic carbocycles. The topological polar surface area (TPSA) is 67.6 Å². The number of carbonyl (C=O) groups is 1. The number of likely N-dealkylation sites (N-methyl/N-ethyl adjacent to an activating group) is 1. The number of rotatable bonds is 6. The summed E-state index contributed by atoms with van der Waals surface area (Å²) in [6.45, 7) is 4.56. The van der Waals surface area contributed by atoms with Crippen LogP contribution in [-0.4, -0.2) is 56.2 Å². The second-order valence-electron chi connectivity index (χ2n) is 6.05. The highest BCUT2D eigenvalue weighted by Crippen LogP contribution is 2.30. The second kappa shape index (κ2) is 6.20. The summed E-state index contributed by atoms with van der Waals surface area (Å²) in [5.74, 6) is 0.106. The lowest BCUT2D eigenvalue weighted by Gasteiger charge is -2.35. The molecule has 1 atom stereocenters. The minimum absolute atomic E-state index is 0.106. The zero-order valence-electron chi connectivity index (χ0n) is 12.2. The summed E-state index contributed by atoms with van der Waals surface area (Å²) < 4.78 is 5.34. The largest absolute Gasteiger partial charge is 0.381 e. The minimum Gasteiger partial charge on any atom is -0.381 e. The van der Waals surface area contributed by atoms with Crippen molar-refractivity contribution in [3.8, 4) is 0 Å². The average molecular weight is 269 g/mol. The van der Waals surface area contributed by atoms with Gasteiger partial charge in [-0.05, 0) is 39.7 Å². The van der Waals surface area contributed by atoms with Crippen molar-refractivity contribution in [2.45, 2.75) is 44.7 Å². The number of nitrogens with zero attached hydrogens (tertiary/aromatic N) is 1. The van der Waals surface area contributed by atoms with Crippen molar-refractivity contribution in [2.75, 3.05) is 33.4 Å². The van der Waals surface area contributed by atoms with E-state index in [1.165, 1.54) is 12.8 Å². The monoisotopic (exact) mass is 269 g/mol. The molecule has 0 aromatic rings. The molecule has 3 N–H and O–H groups in total. The van der Waals surface area contributed by atoms with Gasteiger partial charge in [-0.1, -0.05) is 0 Å². The quantitative estimate of drug-likeness (QED) is 0.730. The number of amides is 1. The Balaban J connectivity index is 1.81. The molecule has 110 valence electrons. The number of ether oxygens (including phenoxy) is 1.